The van der Waals surface area contributed by atoms with E-state index in [-0.39, 0.29) is 18.2 Å². The first-order valence-corrected chi connectivity index (χ1v) is 7.84. The molecule has 1 aromatic heterocycles. The second-order valence-corrected chi connectivity index (χ2v) is 5.68. The summed E-state index contributed by atoms with van der Waals surface area (Å²) in [4.78, 5) is 28.1. The average molecular weight is 346 g/mol. The molecule has 0 bridgehead atoms. The number of nitrogens with zero attached hydrogens (tertiary/aromatic N) is 1. The minimum atomic E-state index is -0.792. The van der Waals surface area contributed by atoms with Crippen molar-refractivity contribution < 1.29 is 29.3 Å². The number of aromatic amines is 1. The van der Waals surface area contributed by atoms with Crippen molar-refractivity contribution in [3.63, 3.8) is 0 Å². The van der Waals surface area contributed by atoms with Crippen LogP contribution in [0, 0.1) is 0 Å². The van der Waals surface area contributed by atoms with Gasteiger partial charge in [0.1, 0.15) is 12.6 Å². The molecule has 1 aliphatic rings. The number of carbonyl (C=O) groups excluding carboxylic acids is 2. The molecular formula is C17H18N2O6. The van der Waals surface area contributed by atoms with Gasteiger partial charge in [0.05, 0.1) is 0 Å². The van der Waals surface area contributed by atoms with E-state index in [9.17, 15) is 19.8 Å². The molecule has 2 aromatic rings. The molecule has 25 heavy (non-hydrogen) atoms. The smallest absolute Gasteiger partial charge is 0.410 e. The number of ether oxygens (including phenoxy) is 2. The highest BCUT2D eigenvalue weighted by atomic mass is 16.6. The third kappa shape index (κ3) is 3.85. The Hall–Kier alpha value is -3.16. The number of rotatable bonds is 4. The largest absolute Gasteiger partial charge is 0.494 e. The first kappa shape index (κ1) is 16.7. The third-order valence-electron chi connectivity index (χ3n) is 3.92. The van der Waals surface area contributed by atoms with Gasteiger partial charge in [-0.3, -0.25) is 9.88 Å². The number of aromatic hydroxyl groups is 2. The highest BCUT2D eigenvalue weighted by Crippen LogP contribution is 2.31. The van der Waals surface area contributed by atoms with E-state index in [1.165, 1.54) is 4.90 Å². The van der Waals surface area contributed by atoms with Gasteiger partial charge in [-0.25, -0.2) is 9.59 Å². The molecule has 1 saturated heterocycles. The summed E-state index contributed by atoms with van der Waals surface area (Å²) in [6, 6.07) is 9.52. The van der Waals surface area contributed by atoms with Crippen molar-refractivity contribution >= 4 is 12.1 Å². The van der Waals surface area contributed by atoms with E-state index in [0.29, 0.717) is 19.4 Å². The maximum absolute atomic E-state index is 12.3. The van der Waals surface area contributed by atoms with Gasteiger partial charge >= 0.3 is 12.1 Å². The monoisotopic (exact) mass is 346 g/mol. The number of aromatic nitrogens is 1. The topological polar surface area (TPSA) is 112 Å². The standard InChI is InChI=1S/C17H18N2O6/c20-14-9-13(15(21)18-14)25-16(22)12-7-4-8-19(12)17(23)24-10-11-5-2-1-3-6-11/h1-3,5-6,9,12,18,20-21H,4,7-8,10H2/t12-/m0/s1. The number of nitrogens with one attached hydrogen (secondary N) is 1. The number of carbonyl (C=O) groups is 2. The molecule has 1 atom stereocenters. The van der Waals surface area contributed by atoms with Gasteiger partial charge in [0, 0.05) is 12.6 Å². The number of hydrogen-bond donors (Lipinski definition) is 3. The average Bonchev–Trinajstić information content (AvgIpc) is 3.20. The molecule has 8 heteroatoms. The molecule has 0 saturated carbocycles. The van der Waals surface area contributed by atoms with E-state index in [1.807, 2.05) is 30.3 Å². The zero-order valence-electron chi connectivity index (χ0n) is 13.3. The molecule has 0 spiro atoms. The Morgan fingerprint density at radius 3 is 2.68 bits per heavy atom. The van der Waals surface area contributed by atoms with E-state index < -0.39 is 24.0 Å². The number of benzene rings is 1. The lowest BCUT2D eigenvalue weighted by molar-refractivity contribution is -0.139. The van der Waals surface area contributed by atoms with Crippen LogP contribution in [-0.4, -0.2) is 44.7 Å². The Bertz CT molecular complexity index is 758. The second kappa shape index (κ2) is 7.16. The number of H-pyrrole nitrogens is 1. The first-order chi connectivity index (χ1) is 12.0. The fourth-order valence-corrected chi connectivity index (χ4v) is 2.70. The maximum atomic E-state index is 12.3. The van der Waals surface area contributed by atoms with Crippen LogP contribution < -0.4 is 4.74 Å². The van der Waals surface area contributed by atoms with Crippen molar-refractivity contribution in [1.29, 1.82) is 0 Å². The third-order valence-corrected chi connectivity index (χ3v) is 3.92. The Labute approximate surface area is 143 Å². The SMILES string of the molecule is O=C(Oc1cc(O)[nH]c1O)[C@@H]1CCCN1C(=O)OCc1ccccc1. The predicted molar refractivity (Wildman–Crippen MR) is 86.1 cm³/mol. The van der Waals surface area contributed by atoms with Gasteiger partial charge in [0.25, 0.3) is 0 Å². The molecule has 3 rings (SSSR count). The van der Waals surface area contributed by atoms with Crippen LogP contribution in [-0.2, 0) is 16.1 Å². The van der Waals surface area contributed by atoms with Crippen LogP contribution in [0.1, 0.15) is 18.4 Å². The summed E-state index contributed by atoms with van der Waals surface area (Å²) in [6.45, 7) is 0.502. The minimum absolute atomic E-state index is 0.115. The first-order valence-electron chi connectivity index (χ1n) is 7.84. The molecule has 1 amide bonds. The van der Waals surface area contributed by atoms with E-state index in [2.05, 4.69) is 4.98 Å². The summed E-state index contributed by atoms with van der Waals surface area (Å²) >= 11 is 0. The lowest BCUT2D eigenvalue weighted by atomic mass is 10.2. The maximum Gasteiger partial charge on any atom is 0.410 e. The number of hydrogen-bond acceptors (Lipinski definition) is 6. The summed E-state index contributed by atoms with van der Waals surface area (Å²) in [6.07, 6.45) is 0.491. The Kier molecular flexibility index (Phi) is 4.78. The summed E-state index contributed by atoms with van der Waals surface area (Å²) in [7, 11) is 0. The molecule has 132 valence electrons. The van der Waals surface area contributed by atoms with Crippen LogP contribution in [0.2, 0.25) is 0 Å². The van der Waals surface area contributed by atoms with E-state index in [4.69, 9.17) is 9.47 Å². The van der Waals surface area contributed by atoms with Gasteiger partial charge in [0.2, 0.25) is 5.88 Å². The fourth-order valence-electron chi connectivity index (χ4n) is 2.70. The second-order valence-electron chi connectivity index (χ2n) is 5.68. The van der Waals surface area contributed by atoms with E-state index >= 15 is 0 Å². The van der Waals surface area contributed by atoms with Crippen LogP contribution in [0.3, 0.4) is 0 Å². The summed E-state index contributed by atoms with van der Waals surface area (Å²) in [5, 5.41) is 18.7. The van der Waals surface area contributed by atoms with E-state index in [1.54, 1.807) is 0 Å². The highest BCUT2D eigenvalue weighted by Gasteiger charge is 2.37. The van der Waals surface area contributed by atoms with Gasteiger partial charge in [-0.05, 0) is 18.4 Å². The van der Waals surface area contributed by atoms with Gasteiger partial charge < -0.3 is 19.7 Å². The van der Waals surface area contributed by atoms with E-state index in [0.717, 1.165) is 11.6 Å². The fraction of sp³-hybridized carbons (Fsp3) is 0.294. The molecule has 1 fully saturated rings. The predicted octanol–water partition coefficient (Wildman–Crippen LogP) is 2.13. The van der Waals surface area contributed by atoms with Crippen LogP contribution in [0.4, 0.5) is 4.79 Å². The van der Waals surface area contributed by atoms with Gasteiger partial charge in [0.15, 0.2) is 11.6 Å². The normalized spacial score (nSPS) is 16.6. The molecular weight excluding hydrogens is 328 g/mol. The molecule has 1 aliphatic heterocycles. The molecule has 0 unspecified atom stereocenters. The lowest BCUT2D eigenvalue weighted by Gasteiger charge is -2.22. The van der Waals surface area contributed by atoms with Crippen molar-refractivity contribution in [3.8, 4) is 17.5 Å². The Morgan fingerprint density at radius 1 is 1.24 bits per heavy atom. The van der Waals surface area contributed by atoms with Crippen molar-refractivity contribution in [2.24, 2.45) is 0 Å². The summed E-state index contributed by atoms with van der Waals surface area (Å²) in [5.74, 6) is -1.66. The van der Waals surface area contributed by atoms with Crippen molar-refractivity contribution in [2.75, 3.05) is 6.54 Å². The molecule has 8 nitrogen and oxygen atoms in total. The zero-order chi connectivity index (χ0) is 17.8. The molecule has 0 aliphatic carbocycles. The molecule has 1 aromatic carbocycles. The lowest BCUT2D eigenvalue weighted by Crippen LogP contribution is -2.42. The van der Waals surface area contributed by atoms with Crippen LogP contribution in [0.15, 0.2) is 36.4 Å². The van der Waals surface area contributed by atoms with Gasteiger partial charge in [-0.15, -0.1) is 0 Å². The van der Waals surface area contributed by atoms with Crippen molar-refractivity contribution in [1.82, 2.24) is 9.88 Å². The van der Waals surface area contributed by atoms with Crippen LogP contribution in [0.5, 0.6) is 17.5 Å². The summed E-state index contributed by atoms with van der Waals surface area (Å²) < 4.78 is 10.3. The van der Waals surface area contributed by atoms with Crippen LogP contribution in [0.25, 0.3) is 0 Å². The van der Waals surface area contributed by atoms with Crippen LogP contribution >= 0.6 is 0 Å². The van der Waals surface area contributed by atoms with Gasteiger partial charge in [-0.2, -0.15) is 0 Å². The molecule has 0 radical (unpaired) electrons. The molecule has 3 N–H and O–H groups in total. The quantitative estimate of drug-likeness (QED) is 0.731. The molecule has 2 heterocycles. The van der Waals surface area contributed by atoms with Gasteiger partial charge in [-0.1, -0.05) is 30.3 Å². The summed E-state index contributed by atoms with van der Waals surface area (Å²) in [5.41, 5.74) is 0.849. The van der Waals surface area contributed by atoms with Crippen molar-refractivity contribution in [2.45, 2.75) is 25.5 Å². The van der Waals surface area contributed by atoms with Crippen molar-refractivity contribution in [3.05, 3.63) is 42.0 Å². The zero-order valence-corrected chi connectivity index (χ0v) is 13.3. The number of likely N-dealkylation sites (tertiary alicyclic amines) is 1. The Balaban J connectivity index is 1.60. The minimum Gasteiger partial charge on any atom is -0.494 e. The number of esters is 1. The number of amides is 1. The Morgan fingerprint density at radius 2 is 2.00 bits per heavy atom. The highest BCUT2D eigenvalue weighted by molar-refractivity contribution is 5.84.